The van der Waals surface area contributed by atoms with Crippen LogP contribution in [-0.2, 0) is 21.8 Å². The molecule has 2 amide bonds. The molecule has 1 fully saturated rings. The summed E-state index contributed by atoms with van der Waals surface area (Å²) < 4.78 is 13.9. The number of nitrogens with one attached hydrogen (secondary N) is 1. The van der Waals surface area contributed by atoms with Crippen molar-refractivity contribution < 1.29 is 14.0 Å². The van der Waals surface area contributed by atoms with E-state index < -0.39 is 6.04 Å². The van der Waals surface area contributed by atoms with Crippen LogP contribution in [0, 0.1) is 5.82 Å². The zero-order chi connectivity index (χ0) is 23.5. The van der Waals surface area contributed by atoms with E-state index >= 15 is 0 Å². The van der Waals surface area contributed by atoms with Gasteiger partial charge in [0, 0.05) is 18.3 Å². The normalized spacial score (nSPS) is 15.1. The Bertz CT molecular complexity index is 887. The summed E-state index contributed by atoms with van der Waals surface area (Å²) in [7, 11) is 0. The minimum atomic E-state index is -0.489. The SMILES string of the molecule is CC[C@H](C(=O)NC1CCCCC1)N(CCc1ccccc1)C(=O)CSCc1ccccc1F. The number of thioether (sulfide) groups is 1. The summed E-state index contributed by atoms with van der Waals surface area (Å²) >= 11 is 1.39. The Kier molecular flexibility index (Phi) is 10.3. The monoisotopic (exact) mass is 470 g/mol. The maximum Gasteiger partial charge on any atom is 0.243 e. The lowest BCUT2D eigenvalue weighted by Gasteiger charge is -2.32. The smallest absolute Gasteiger partial charge is 0.243 e. The third-order valence-electron chi connectivity index (χ3n) is 6.26. The molecule has 178 valence electrons. The molecule has 0 aliphatic heterocycles. The van der Waals surface area contributed by atoms with Crippen LogP contribution >= 0.6 is 11.8 Å². The van der Waals surface area contributed by atoms with Crippen LogP contribution in [0.15, 0.2) is 54.6 Å². The van der Waals surface area contributed by atoms with Crippen molar-refractivity contribution in [3.8, 4) is 0 Å². The molecule has 0 saturated heterocycles. The predicted octanol–water partition coefficient (Wildman–Crippen LogP) is 5.36. The number of rotatable bonds is 11. The average Bonchev–Trinajstić information content (AvgIpc) is 2.84. The van der Waals surface area contributed by atoms with E-state index in [4.69, 9.17) is 0 Å². The first-order valence-electron chi connectivity index (χ1n) is 12.0. The molecule has 1 aliphatic rings. The van der Waals surface area contributed by atoms with Crippen LogP contribution < -0.4 is 5.32 Å². The highest BCUT2D eigenvalue weighted by Gasteiger charge is 2.29. The number of amides is 2. The summed E-state index contributed by atoms with van der Waals surface area (Å²) in [4.78, 5) is 28.2. The van der Waals surface area contributed by atoms with Crippen molar-refractivity contribution in [3.63, 3.8) is 0 Å². The van der Waals surface area contributed by atoms with Crippen LogP contribution in [0.25, 0.3) is 0 Å². The van der Waals surface area contributed by atoms with Gasteiger partial charge >= 0.3 is 0 Å². The van der Waals surface area contributed by atoms with Gasteiger partial charge < -0.3 is 10.2 Å². The second-order valence-electron chi connectivity index (χ2n) is 8.67. The molecule has 0 radical (unpaired) electrons. The standard InChI is InChI=1S/C27H35FN2O2S/c1-2-25(27(32)29-23-14-7-4-8-15-23)30(18-17-21-11-5-3-6-12-21)26(31)20-33-19-22-13-9-10-16-24(22)28/h3,5-6,9-13,16,23,25H,2,4,7-8,14-15,17-20H2,1H3,(H,29,32)/t25-/m1/s1. The maximum absolute atomic E-state index is 13.9. The molecule has 1 atom stereocenters. The van der Waals surface area contributed by atoms with Gasteiger partial charge in [0.15, 0.2) is 0 Å². The topological polar surface area (TPSA) is 49.4 Å². The Morgan fingerprint density at radius 1 is 1.06 bits per heavy atom. The van der Waals surface area contributed by atoms with Gasteiger partial charge in [0.2, 0.25) is 11.8 Å². The highest BCUT2D eigenvalue weighted by molar-refractivity contribution is 7.99. The van der Waals surface area contributed by atoms with Crippen LogP contribution in [0.5, 0.6) is 0 Å². The lowest BCUT2D eigenvalue weighted by atomic mass is 9.95. The van der Waals surface area contributed by atoms with E-state index in [1.165, 1.54) is 24.2 Å². The minimum Gasteiger partial charge on any atom is -0.352 e. The van der Waals surface area contributed by atoms with Crippen molar-refractivity contribution in [1.29, 1.82) is 0 Å². The molecule has 3 rings (SSSR count). The van der Waals surface area contributed by atoms with E-state index in [0.717, 1.165) is 31.2 Å². The molecule has 4 nitrogen and oxygen atoms in total. The predicted molar refractivity (Wildman–Crippen MR) is 134 cm³/mol. The fraction of sp³-hybridized carbons (Fsp3) is 0.481. The van der Waals surface area contributed by atoms with Crippen molar-refractivity contribution in [2.75, 3.05) is 12.3 Å². The number of carbonyl (C=O) groups excluding carboxylic acids is 2. The number of benzene rings is 2. The molecule has 1 aliphatic carbocycles. The quantitative estimate of drug-likeness (QED) is 0.481. The molecule has 1 saturated carbocycles. The Morgan fingerprint density at radius 2 is 1.76 bits per heavy atom. The number of hydrogen-bond donors (Lipinski definition) is 1. The highest BCUT2D eigenvalue weighted by atomic mass is 32.2. The van der Waals surface area contributed by atoms with Gasteiger partial charge in [0.1, 0.15) is 11.9 Å². The van der Waals surface area contributed by atoms with Gasteiger partial charge in [-0.05, 0) is 42.9 Å². The maximum atomic E-state index is 13.9. The Morgan fingerprint density at radius 3 is 2.45 bits per heavy atom. The molecule has 0 heterocycles. The van der Waals surface area contributed by atoms with Crippen molar-refractivity contribution in [1.82, 2.24) is 10.2 Å². The van der Waals surface area contributed by atoms with E-state index in [0.29, 0.717) is 30.7 Å². The van der Waals surface area contributed by atoms with Gasteiger partial charge in [-0.1, -0.05) is 74.7 Å². The Balaban J connectivity index is 1.65. The molecule has 0 aromatic heterocycles. The molecule has 6 heteroatoms. The molecule has 0 bridgehead atoms. The second-order valence-corrected chi connectivity index (χ2v) is 9.66. The zero-order valence-electron chi connectivity index (χ0n) is 19.5. The first-order chi connectivity index (χ1) is 16.1. The van der Waals surface area contributed by atoms with Crippen LogP contribution in [-0.4, -0.2) is 41.1 Å². The largest absolute Gasteiger partial charge is 0.352 e. The van der Waals surface area contributed by atoms with Gasteiger partial charge in [-0.15, -0.1) is 11.8 Å². The molecular weight excluding hydrogens is 435 g/mol. The summed E-state index contributed by atoms with van der Waals surface area (Å²) in [5.41, 5.74) is 1.73. The fourth-order valence-corrected chi connectivity index (χ4v) is 5.28. The van der Waals surface area contributed by atoms with Crippen molar-refractivity contribution in [2.24, 2.45) is 0 Å². The van der Waals surface area contributed by atoms with E-state index in [2.05, 4.69) is 5.32 Å². The molecule has 2 aromatic rings. The number of halogens is 1. The van der Waals surface area contributed by atoms with Gasteiger partial charge in [-0.2, -0.15) is 0 Å². The van der Waals surface area contributed by atoms with Crippen molar-refractivity contribution in [3.05, 3.63) is 71.5 Å². The van der Waals surface area contributed by atoms with E-state index in [1.54, 1.807) is 23.1 Å². The number of nitrogens with zero attached hydrogens (tertiary/aromatic N) is 1. The minimum absolute atomic E-state index is 0.0510. The summed E-state index contributed by atoms with van der Waals surface area (Å²) in [6, 6.07) is 16.4. The lowest BCUT2D eigenvalue weighted by Crippen LogP contribution is -2.52. The van der Waals surface area contributed by atoms with Gasteiger partial charge in [-0.25, -0.2) is 4.39 Å². The van der Waals surface area contributed by atoms with Crippen LogP contribution in [0.3, 0.4) is 0 Å². The Hall–Kier alpha value is -2.34. The first-order valence-corrected chi connectivity index (χ1v) is 13.2. The summed E-state index contributed by atoms with van der Waals surface area (Å²) in [6.07, 6.45) is 6.80. The lowest BCUT2D eigenvalue weighted by molar-refractivity contribution is -0.139. The Labute approximate surface area is 201 Å². The first kappa shape index (κ1) is 25.3. The molecule has 33 heavy (non-hydrogen) atoms. The van der Waals surface area contributed by atoms with Gasteiger partial charge in [0.25, 0.3) is 0 Å². The summed E-state index contributed by atoms with van der Waals surface area (Å²) in [6.45, 7) is 2.44. The average molecular weight is 471 g/mol. The van der Waals surface area contributed by atoms with Crippen LogP contribution in [0.4, 0.5) is 4.39 Å². The van der Waals surface area contributed by atoms with E-state index in [1.807, 2.05) is 37.3 Å². The second kappa shape index (κ2) is 13.4. The van der Waals surface area contributed by atoms with Gasteiger partial charge in [0.05, 0.1) is 5.75 Å². The number of hydrogen-bond acceptors (Lipinski definition) is 3. The van der Waals surface area contributed by atoms with Crippen molar-refractivity contribution >= 4 is 23.6 Å². The third-order valence-corrected chi connectivity index (χ3v) is 7.23. The van der Waals surface area contributed by atoms with Crippen molar-refractivity contribution in [2.45, 2.75) is 69.7 Å². The van der Waals surface area contributed by atoms with E-state index in [-0.39, 0.29) is 29.4 Å². The zero-order valence-corrected chi connectivity index (χ0v) is 20.3. The molecular formula is C27H35FN2O2S. The molecule has 2 aromatic carbocycles. The van der Waals surface area contributed by atoms with Crippen LogP contribution in [0.2, 0.25) is 0 Å². The molecule has 0 unspecified atom stereocenters. The fourth-order valence-electron chi connectivity index (χ4n) is 4.39. The molecule has 0 spiro atoms. The highest BCUT2D eigenvalue weighted by Crippen LogP contribution is 2.20. The molecule has 1 N–H and O–H groups in total. The number of carbonyl (C=O) groups is 2. The van der Waals surface area contributed by atoms with E-state index in [9.17, 15) is 14.0 Å². The third kappa shape index (κ3) is 7.88. The van der Waals surface area contributed by atoms with Gasteiger partial charge in [-0.3, -0.25) is 9.59 Å². The van der Waals surface area contributed by atoms with Crippen LogP contribution in [0.1, 0.15) is 56.6 Å². The summed E-state index contributed by atoms with van der Waals surface area (Å²) in [5, 5.41) is 3.20. The summed E-state index contributed by atoms with van der Waals surface area (Å²) in [5.74, 6) is 0.270.